The van der Waals surface area contributed by atoms with Crippen molar-refractivity contribution in [1.29, 1.82) is 0 Å². The molecule has 70 valence electrons. The second-order valence-electron chi connectivity index (χ2n) is 2.93. The lowest BCUT2D eigenvalue weighted by Gasteiger charge is -2.05. The first-order chi connectivity index (χ1) is 6.15. The highest BCUT2D eigenvalue weighted by Gasteiger charge is 2.05. The summed E-state index contributed by atoms with van der Waals surface area (Å²) in [5, 5.41) is 0.411. The van der Waals surface area contributed by atoms with Crippen LogP contribution in [0.5, 0.6) is 0 Å². The van der Waals surface area contributed by atoms with Gasteiger partial charge >= 0.3 is 0 Å². The first kappa shape index (κ1) is 10.8. The fourth-order valence-electron chi connectivity index (χ4n) is 1.12. The van der Waals surface area contributed by atoms with Gasteiger partial charge in [0.1, 0.15) is 5.78 Å². The highest BCUT2D eigenvalue weighted by molar-refractivity contribution is 9.09. The van der Waals surface area contributed by atoms with Gasteiger partial charge in [-0.15, -0.1) is 12.6 Å². The summed E-state index contributed by atoms with van der Waals surface area (Å²) in [5.74, 6) is 0.181. The van der Waals surface area contributed by atoms with Gasteiger partial charge in [-0.2, -0.15) is 0 Å². The van der Waals surface area contributed by atoms with E-state index in [1.54, 1.807) is 0 Å². The van der Waals surface area contributed by atoms with Gasteiger partial charge in [0.05, 0.1) is 5.33 Å². The average Bonchev–Trinajstić information content (AvgIpc) is 2.13. The van der Waals surface area contributed by atoms with E-state index in [0.717, 1.165) is 16.0 Å². The summed E-state index contributed by atoms with van der Waals surface area (Å²) in [7, 11) is 0. The minimum atomic E-state index is 0.181. The third kappa shape index (κ3) is 2.85. The Morgan fingerprint density at radius 2 is 2.23 bits per heavy atom. The predicted octanol–water partition coefficient (Wildman–Crippen LogP) is 2.79. The van der Waals surface area contributed by atoms with Crippen molar-refractivity contribution in [3.8, 4) is 0 Å². The van der Waals surface area contributed by atoms with Crippen LogP contribution in [0, 0.1) is 6.92 Å². The quantitative estimate of drug-likeness (QED) is 0.652. The first-order valence-corrected chi connectivity index (χ1v) is 5.57. The molecule has 0 aliphatic rings. The highest BCUT2D eigenvalue weighted by atomic mass is 79.9. The Morgan fingerprint density at radius 1 is 1.54 bits per heavy atom. The van der Waals surface area contributed by atoms with Crippen LogP contribution in [-0.4, -0.2) is 11.1 Å². The summed E-state index contributed by atoms with van der Waals surface area (Å²) < 4.78 is 0. The average molecular weight is 259 g/mol. The maximum atomic E-state index is 11.2. The van der Waals surface area contributed by atoms with Crippen LogP contribution >= 0.6 is 28.6 Å². The Hall–Kier alpha value is -0.280. The van der Waals surface area contributed by atoms with Crippen LogP contribution in [0.25, 0.3) is 0 Å². The van der Waals surface area contributed by atoms with Gasteiger partial charge in [0, 0.05) is 11.3 Å². The van der Waals surface area contributed by atoms with Crippen LogP contribution in [0.15, 0.2) is 23.1 Å². The number of ketones is 1. The molecule has 0 atom stereocenters. The van der Waals surface area contributed by atoms with E-state index in [-0.39, 0.29) is 5.78 Å². The molecule has 0 aliphatic carbocycles. The SMILES string of the molecule is Cc1cccc(CC(=O)CBr)c1S. The van der Waals surface area contributed by atoms with Crippen LogP contribution in [0.1, 0.15) is 11.1 Å². The summed E-state index contributed by atoms with van der Waals surface area (Å²) in [4.78, 5) is 12.1. The van der Waals surface area contributed by atoms with Crippen LogP contribution in [0.3, 0.4) is 0 Å². The van der Waals surface area contributed by atoms with Gasteiger partial charge in [-0.3, -0.25) is 4.79 Å². The largest absolute Gasteiger partial charge is 0.298 e. The lowest BCUT2D eigenvalue weighted by molar-refractivity contribution is -0.115. The number of hydrogen-bond donors (Lipinski definition) is 1. The summed E-state index contributed by atoms with van der Waals surface area (Å²) >= 11 is 7.50. The third-order valence-corrected chi connectivity index (χ3v) is 3.12. The molecule has 0 radical (unpaired) electrons. The van der Waals surface area contributed by atoms with Gasteiger partial charge in [-0.25, -0.2) is 0 Å². The van der Waals surface area contributed by atoms with Gasteiger partial charge < -0.3 is 0 Å². The molecule has 0 spiro atoms. The summed E-state index contributed by atoms with van der Waals surface area (Å²) in [6.45, 7) is 1.99. The normalized spacial score (nSPS) is 10.1. The molecule has 0 saturated carbocycles. The van der Waals surface area contributed by atoms with Gasteiger partial charge in [0.15, 0.2) is 0 Å². The Bertz CT molecular complexity index is 323. The monoisotopic (exact) mass is 258 g/mol. The Morgan fingerprint density at radius 3 is 2.85 bits per heavy atom. The Balaban J connectivity index is 2.89. The van der Waals surface area contributed by atoms with Gasteiger partial charge in [-0.1, -0.05) is 34.1 Å². The maximum Gasteiger partial charge on any atom is 0.147 e. The lowest BCUT2D eigenvalue weighted by atomic mass is 10.1. The van der Waals surface area contributed by atoms with Crippen molar-refractivity contribution in [3.63, 3.8) is 0 Å². The van der Waals surface area contributed by atoms with E-state index >= 15 is 0 Å². The van der Waals surface area contributed by atoms with Crippen LogP contribution in [0.2, 0.25) is 0 Å². The fraction of sp³-hybridized carbons (Fsp3) is 0.300. The molecule has 0 fully saturated rings. The van der Waals surface area contributed by atoms with E-state index < -0.39 is 0 Å². The third-order valence-electron chi connectivity index (χ3n) is 1.86. The zero-order valence-electron chi connectivity index (χ0n) is 7.38. The van der Waals surface area contributed by atoms with Crippen LogP contribution in [-0.2, 0) is 11.2 Å². The van der Waals surface area contributed by atoms with E-state index in [1.807, 2.05) is 25.1 Å². The molecule has 0 aliphatic heterocycles. The van der Waals surface area contributed by atoms with Crippen molar-refractivity contribution in [1.82, 2.24) is 0 Å². The number of halogens is 1. The molecule has 0 amide bonds. The molecule has 3 heteroatoms. The Labute approximate surface area is 92.1 Å². The molecule has 0 N–H and O–H groups in total. The lowest BCUT2D eigenvalue weighted by Crippen LogP contribution is -2.04. The molecule has 0 aromatic heterocycles. The topological polar surface area (TPSA) is 17.1 Å². The summed E-state index contributed by atoms with van der Waals surface area (Å²) in [6, 6.07) is 5.88. The van der Waals surface area contributed by atoms with Crippen molar-refractivity contribution >= 4 is 34.3 Å². The van der Waals surface area contributed by atoms with E-state index in [1.165, 1.54) is 0 Å². The molecular weight excluding hydrogens is 248 g/mol. The molecule has 1 nitrogen and oxygen atoms in total. The number of thiol groups is 1. The van der Waals surface area contributed by atoms with Gasteiger partial charge in [0.2, 0.25) is 0 Å². The number of aryl methyl sites for hydroxylation is 1. The first-order valence-electron chi connectivity index (χ1n) is 4.00. The van der Waals surface area contributed by atoms with E-state index in [9.17, 15) is 4.79 Å². The van der Waals surface area contributed by atoms with E-state index in [0.29, 0.717) is 11.8 Å². The van der Waals surface area contributed by atoms with Crippen LogP contribution < -0.4 is 0 Å². The van der Waals surface area contributed by atoms with Crippen molar-refractivity contribution < 1.29 is 4.79 Å². The molecule has 0 bridgehead atoms. The highest BCUT2D eigenvalue weighted by Crippen LogP contribution is 2.18. The van der Waals surface area contributed by atoms with Crippen LogP contribution in [0.4, 0.5) is 0 Å². The van der Waals surface area contributed by atoms with Crippen molar-refractivity contribution in [2.45, 2.75) is 18.2 Å². The number of alkyl halides is 1. The zero-order chi connectivity index (χ0) is 9.84. The number of benzene rings is 1. The van der Waals surface area contributed by atoms with E-state index in [2.05, 4.69) is 28.6 Å². The molecule has 1 aromatic carbocycles. The fourth-order valence-corrected chi connectivity index (χ4v) is 1.55. The smallest absolute Gasteiger partial charge is 0.147 e. The molecular formula is C10H11BrOS. The maximum absolute atomic E-state index is 11.2. The number of carbonyl (C=O) groups is 1. The molecule has 1 rings (SSSR count). The van der Waals surface area contributed by atoms with Crippen molar-refractivity contribution in [2.24, 2.45) is 0 Å². The summed E-state index contributed by atoms with van der Waals surface area (Å²) in [6.07, 6.45) is 0.464. The van der Waals surface area contributed by atoms with Gasteiger partial charge in [-0.05, 0) is 18.1 Å². The number of carbonyl (C=O) groups excluding carboxylic acids is 1. The minimum absolute atomic E-state index is 0.181. The zero-order valence-corrected chi connectivity index (χ0v) is 9.86. The second-order valence-corrected chi connectivity index (χ2v) is 3.94. The molecule has 0 heterocycles. The van der Waals surface area contributed by atoms with Crippen molar-refractivity contribution in [2.75, 3.05) is 5.33 Å². The Kier molecular flexibility index (Phi) is 4.00. The number of rotatable bonds is 3. The predicted molar refractivity (Wildman–Crippen MR) is 60.9 cm³/mol. The molecule has 0 saturated heterocycles. The number of hydrogen-bond acceptors (Lipinski definition) is 2. The molecule has 1 aromatic rings. The number of Topliss-reactive ketones (excluding diaryl/α,β-unsaturated/α-hetero) is 1. The van der Waals surface area contributed by atoms with E-state index in [4.69, 9.17) is 0 Å². The second kappa shape index (κ2) is 4.82. The summed E-state index contributed by atoms with van der Waals surface area (Å²) in [5.41, 5.74) is 2.12. The standard InChI is InChI=1S/C10H11BrOS/c1-7-3-2-4-8(10(7)13)5-9(12)6-11/h2-4,13H,5-6H2,1H3. The molecule has 0 unspecified atom stereocenters. The van der Waals surface area contributed by atoms with Crippen molar-refractivity contribution in [3.05, 3.63) is 29.3 Å². The minimum Gasteiger partial charge on any atom is -0.298 e. The van der Waals surface area contributed by atoms with Gasteiger partial charge in [0.25, 0.3) is 0 Å². The molecule has 13 heavy (non-hydrogen) atoms.